The number of aryl methyl sites for hydroxylation is 1. The van der Waals surface area contributed by atoms with Gasteiger partial charge in [0.05, 0.1) is 0 Å². The first-order valence-electron chi connectivity index (χ1n) is 6.08. The first-order valence-corrected chi connectivity index (χ1v) is 6.08. The van der Waals surface area contributed by atoms with E-state index in [-0.39, 0.29) is 0 Å². The van der Waals surface area contributed by atoms with Crippen molar-refractivity contribution in [3.63, 3.8) is 0 Å². The third-order valence-electron chi connectivity index (χ3n) is 2.79. The van der Waals surface area contributed by atoms with E-state index in [4.69, 9.17) is 10.3 Å². The molecule has 6 nitrogen and oxygen atoms in total. The Hall–Kier alpha value is -1.82. The van der Waals surface area contributed by atoms with Gasteiger partial charge in [-0.2, -0.15) is 4.98 Å². The molecule has 0 spiro atoms. The lowest BCUT2D eigenvalue weighted by atomic mass is 10.0. The molecule has 2 aromatic rings. The molecule has 0 amide bonds. The van der Waals surface area contributed by atoms with E-state index in [9.17, 15) is 0 Å². The summed E-state index contributed by atoms with van der Waals surface area (Å²) < 4.78 is 5.19. The summed E-state index contributed by atoms with van der Waals surface area (Å²) in [5.41, 5.74) is 6.19. The van der Waals surface area contributed by atoms with Crippen molar-refractivity contribution in [1.82, 2.24) is 20.1 Å². The molecule has 0 saturated carbocycles. The van der Waals surface area contributed by atoms with Crippen molar-refractivity contribution in [2.24, 2.45) is 11.7 Å². The quantitative estimate of drug-likeness (QED) is 0.830. The summed E-state index contributed by atoms with van der Waals surface area (Å²) in [5, 5.41) is 3.91. The first kappa shape index (κ1) is 12.6. The largest absolute Gasteiger partial charge is 0.339 e. The summed E-state index contributed by atoms with van der Waals surface area (Å²) in [4.78, 5) is 12.2. The van der Waals surface area contributed by atoms with E-state index in [1.807, 2.05) is 0 Å². The molecule has 2 heterocycles. The molecule has 18 heavy (non-hydrogen) atoms. The van der Waals surface area contributed by atoms with Crippen LogP contribution < -0.4 is 5.73 Å². The van der Waals surface area contributed by atoms with Crippen LogP contribution >= 0.6 is 0 Å². The topological polar surface area (TPSA) is 90.7 Å². The van der Waals surface area contributed by atoms with Gasteiger partial charge in [0.15, 0.2) is 0 Å². The molecule has 6 heteroatoms. The highest BCUT2D eigenvalue weighted by atomic mass is 16.5. The van der Waals surface area contributed by atoms with Crippen molar-refractivity contribution in [3.05, 3.63) is 24.5 Å². The van der Waals surface area contributed by atoms with Gasteiger partial charge < -0.3 is 10.3 Å². The minimum Gasteiger partial charge on any atom is -0.339 e. The monoisotopic (exact) mass is 247 g/mol. The van der Waals surface area contributed by atoms with E-state index in [0.29, 0.717) is 23.3 Å². The van der Waals surface area contributed by atoms with E-state index in [1.165, 1.54) is 6.33 Å². The van der Waals surface area contributed by atoms with Crippen molar-refractivity contribution in [3.8, 4) is 11.5 Å². The highest BCUT2D eigenvalue weighted by molar-refractivity contribution is 5.46. The number of hydrogen-bond donors (Lipinski definition) is 1. The molecule has 1 unspecified atom stereocenters. The number of nitrogens with two attached hydrogens (primary N) is 1. The zero-order valence-electron chi connectivity index (χ0n) is 10.4. The van der Waals surface area contributed by atoms with E-state index in [2.05, 4.69) is 27.0 Å². The van der Waals surface area contributed by atoms with Gasteiger partial charge in [-0.05, 0) is 31.4 Å². The fraction of sp³-hybridized carbons (Fsp3) is 0.500. The Kier molecular flexibility index (Phi) is 4.35. The van der Waals surface area contributed by atoms with Gasteiger partial charge in [0.2, 0.25) is 11.7 Å². The molecule has 2 rings (SSSR count). The molecule has 0 aromatic carbocycles. The molecule has 0 saturated heterocycles. The molecule has 96 valence electrons. The summed E-state index contributed by atoms with van der Waals surface area (Å²) in [6, 6.07) is 1.76. The molecule has 0 bridgehead atoms. The lowest BCUT2D eigenvalue weighted by Gasteiger charge is -2.06. The minimum absolute atomic E-state index is 0.513. The Labute approximate surface area is 106 Å². The second-order valence-corrected chi connectivity index (χ2v) is 4.33. The van der Waals surface area contributed by atoms with Gasteiger partial charge in [0.1, 0.15) is 12.0 Å². The van der Waals surface area contributed by atoms with E-state index in [1.54, 1.807) is 12.3 Å². The number of aromatic nitrogens is 4. The second-order valence-electron chi connectivity index (χ2n) is 4.33. The van der Waals surface area contributed by atoms with Crippen molar-refractivity contribution >= 4 is 0 Å². The smallest absolute Gasteiger partial charge is 0.227 e. The standard InChI is InChI=1S/C12H17N5O/c1-9(4-6-13)2-3-11-16-12(17-18-11)10-5-7-14-8-15-10/h5,7-9H,2-4,6,13H2,1H3. The Bertz CT molecular complexity index is 470. The Morgan fingerprint density at radius 3 is 3.00 bits per heavy atom. The highest BCUT2D eigenvalue weighted by Gasteiger charge is 2.10. The normalized spacial score (nSPS) is 12.6. The Balaban J connectivity index is 1.95. The molecule has 0 fully saturated rings. The van der Waals surface area contributed by atoms with Gasteiger partial charge in [-0.25, -0.2) is 9.97 Å². The fourth-order valence-corrected chi connectivity index (χ4v) is 1.68. The van der Waals surface area contributed by atoms with Crippen LogP contribution in [-0.4, -0.2) is 26.7 Å². The Morgan fingerprint density at radius 2 is 2.28 bits per heavy atom. The minimum atomic E-state index is 0.513. The number of rotatable bonds is 6. The zero-order chi connectivity index (χ0) is 12.8. The maximum Gasteiger partial charge on any atom is 0.227 e. The highest BCUT2D eigenvalue weighted by Crippen LogP contribution is 2.14. The lowest BCUT2D eigenvalue weighted by molar-refractivity contribution is 0.362. The third kappa shape index (κ3) is 3.33. The van der Waals surface area contributed by atoms with Gasteiger partial charge in [-0.1, -0.05) is 12.1 Å². The number of nitrogens with zero attached hydrogens (tertiary/aromatic N) is 4. The summed E-state index contributed by atoms with van der Waals surface area (Å²) in [5.74, 6) is 1.73. The maximum atomic E-state index is 5.51. The van der Waals surface area contributed by atoms with Gasteiger partial charge in [-0.3, -0.25) is 0 Å². The SMILES string of the molecule is CC(CCN)CCc1nc(-c2ccncn2)no1. The van der Waals surface area contributed by atoms with Crippen molar-refractivity contribution < 1.29 is 4.52 Å². The summed E-state index contributed by atoms with van der Waals surface area (Å²) in [6.45, 7) is 2.89. The average molecular weight is 247 g/mol. The van der Waals surface area contributed by atoms with E-state index in [0.717, 1.165) is 25.8 Å². The van der Waals surface area contributed by atoms with Crippen LogP contribution in [0.25, 0.3) is 11.5 Å². The lowest BCUT2D eigenvalue weighted by Crippen LogP contribution is -2.06. The van der Waals surface area contributed by atoms with Gasteiger partial charge in [0.25, 0.3) is 0 Å². The third-order valence-corrected chi connectivity index (χ3v) is 2.79. The average Bonchev–Trinajstić information content (AvgIpc) is 2.87. The second kappa shape index (κ2) is 6.20. The Morgan fingerprint density at radius 1 is 1.39 bits per heavy atom. The molecule has 0 aliphatic rings. The summed E-state index contributed by atoms with van der Waals surface area (Å²) >= 11 is 0. The van der Waals surface area contributed by atoms with E-state index < -0.39 is 0 Å². The van der Waals surface area contributed by atoms with Gasteiger partial charge in [0, 0.05) is 12.6 Å². The molecule has 1 atom stereocenters. The molecule has 2 N–H and O–H groups in total. The fourth-order valence-electron chi connectivity index (χ4n) is 1.68. The summed E-state index contributed by atoms with van der Waals surface area (Å²) in [6.07, 6.45) is 5.92. The van der Waals surface area contributed by atoms with Crippen molar-refractivity contribution in [2.45, 2.75) is 26.2 Å². The van der Waals surface area contributed by atoms with Crippen molar-refractivity contribution in [1.29, 1.82) is 0 Å². The van der Waals surface area contributed by atoms with Crippen LogP contribution in [0.5, 0.6) is 0 Å². The van der Waals surface area contributed by atoms with Crippen LogP contribution in [0.4, 0.5) is 0 Å². The van der Waals surface area contributed by atoms with Crippen LogP contribution in [0.1, 0.15) is 25.7 Å². The molecule has 0 radical (unpaired) electrons. The summed E-state index contributed by atoms with van der Waals surface area (Å²) in [7, 11) is 0. The molecule has 2 aromatic heterocycles. The van der Waals surface area contributed by atoms with Gasteiger partial charge in [-0.15, -0.1) is 0 Å². The molecular weight excluding hydrogens is 230 g/mol. The van der Waals surface area contributed by atoms with E-state index >= 15 is 0 Å². The van der Waals surface area contributed by atoms with Crippen LogP contribution in [0.3, 0.4) is 0 Å². The molecule has 0 aliphatic carbocycles. The molecule has 0 aliphatic heterocycles. The maximum absolute atomic E-state index is 5.51. The van der Waals surface area contributed by atoms with Crippen LogP contribution in [0.2, 0.25) is 0 Å². The number of hydrogen-bond acceptors (Lipinski definition) is 6. The predicted octanol–water partition coefficient (Wildman–Crippen LogP) is 1.44. The molecular formula is C12H17N5O. The predicted molar refractivity (Wildman–Crippen MR) is 66.5 cm³/mol. The van der Waals surface area contributed by atoms with Crippen LogP contribution in [-0.2, 0) is 6.42 Å². The van der Waals surface area contributed by atoms with Crippen LogP contribution in [0, 0.1) is 5.92 Å². The first-order chi connectivity index (χ1) is 8.79. The van der Waals surface area contributed by atoms with Crippen molar-refractivity contribution in [2.75, 3.05) is 6.54 Å². The van der Waals surface area contributed by atoms with Gasteiger partial charge >= 0.3 is 0 Å². The van der Waals surface area contributed by atoms with Crippen LogP contribution in [0.15, 0.2) is 23.1 Å². The zero-order valence-corrected chi connectivity index (χ0v) is 10.4.